The highest BCUT2D eigenvalue weighted by Crippen LogP contribution is 2.12. The van der Waals surface area contributed by atoms with Gasteiger partial charge in [-0.05, 0) is 27.2 Å². The Hall–Kier alpha value is -1.63. The maximum Gasteiger partial charge on any atom is 0.408 e. The van der Waals surface area contributed by atoms with E-state index in [0.717, 1.165) is 6.42 Å². The van der Waals surface area contributed by atoms with Gasteiger partial charge in [-0.2, -0.15) is 0 Å². The Labute approximate surface area is 122 Å². The van der Waals surface area contributed by atoms with Crippen LogP contribution >= 0.6 is 11.3 Å². The van der Waals surface area contributed by atoms with Crippen LogP contribution in [0.1, 0.15) is 40.5 Å². The first-order valence-corrected chi connectivity index (χ1v) is 7.39. The first-order chi connectivity index (χ1) is 9.31. The summed E-state index contributed by atoms with van der Waals surface area (Å²) in [5.41, 5.74) is -0.591. The Kier molecular flexibility index (Phi) is 5.94. The van der Waals surface area contributed by atoms with Gasteiger partial charge in [0, 0.05) is 11.6 Å². The van der Waals surface area contributed by atoms with Crippen molar-refractivity contribution in [1.82, 2.24) is 10.3 Å². The molecular weight excluding hydrogens is 278 g/mol. The number of carbonyl (C=O) groups excluding carboxylic acids is 2. The third kappa shape index (κ3) is 6.01. The van der Waals surface area contributed by atoms with E-state index in [2.05, 4.69) is 15.6 Å². The van der Waals surface area contributed by atoms with Crippen LogP contribution < -0.4 is 10.6 Å². The summed E-state index contributed by atoms with van der Waals surface area (Å²) in [5.74, 6) is -0.285. The van der Waals surface area contributed by atoms with Gasteiger partial charge in [-0.25, -0.2) is 9.78 Å². The minimum atomic E-state index is -0.626. The van der Waals surface area contributed by atoms with E-state index in [-0.39, 0.29) is 5.91 Å². The fraction of sp³-hybridized carbons (Fsp3) is 0.615. The van der Waals surface area contributed by atoms with Crippen LogP contribution in [0.4, 0.5) is 9.93 Å². The van der Waals surface area contributed by atoms with Crippen molar-refractivity contribution in [3.8, 4) is 0 Å². The molecule has 6 nitrogen and oxygen atoms in total. The summed E-state index contributed by atoms with van der Waals surface area (Å²) in [7, 11) is 0. The highest BCUT2D eigenvalue weighted by Gasteiger charge is 2.24. The molecule has 1 aromatic rings. The molecule has 0 fully saturated rings. The Morgan fingerprint density at radius 3 is 2.65 bits per heavy atom. The lowest BCUT2D eigenvalue weighted by molar-refractivity contribution is -0.118. The minimum Gasteiger partial charge on any atom is -0.444 e. The number of hydrogen-bond acceptors (Lipinski definition) is 5. The number of anilines is 1. The van der Waals surface area contributed by atoms with Crippen LogP contribution in [0, 0.1) is 0 Å². The second-order valence-corrected chi connectivity index (χ2v) is 6.21. The number of thiazole rings is 1. The first-order valence-electron chi connectivity index (χ1n) is 6.51. The van der Waals surface area contributed by atoms with Gasteiger partial charge in [0.2, 0.25) is 5.91 Å². The molecule has 1 atom stereocenters. The molecule has 0 aliphatic heterocycles. The van der Waals surface area contributed by atoms with E-state index >= 15 is 0 Å². The molecule has 0 saturated heterocycles. The fourth-order valence-electron chi connectivity index (χ4n) is 1.48. The van der Waals surface area contributed by atoms with Gasteiger partial charge in [0.1, 0.15) is 11.6 Å². The zero-order valence-electron chi connectivity index (χ0n) is 12.2. The van der Waals surface area contributed by atoms with Gasteiger partial charge >= 0.3 is 6.09 Å². The van der Waals surface area contributed by atoms with Crippen molar-refractivity contribution in [3.05, 3.63) is 11.6 Å². The molecule has 7 heteroatoms. The Balaban J connectivity index is 2.59. The third-order valence-corrected chi connectivity index (χ3v) is 2.94. The second-order valence-electron chi connectivity index (χ2n) is 5.31. The predicted octanol–water partition coefficient (Wildman–Crippen LogP) is 2.78. The van der Waals surface area contributed by atoms with Crippen molar-refractivity contribution in [2.24, 2.45) is 0 Å². The monoisotopic (exact) mass is 299 g/mol. The summed E-state index contributed by atoms with van der Waals surface area (Å²) in [6, 6.07) is -0.626. The molecule has 1 unspecified atom stereocenters. The van der Waals surface area contributed by atoms with E-state index in [1.807, 2.05) is 6.92 Å². The number of carbonyl (C=O) groups is 2. The van der Waals surface area contributed by atoms with Crippen LogP contribution in [-0.2, 0) is 9.53 Å². The lowest BCUT2D eigenvalue weighted by Gasteiger charge is -2.22. The number of aromatic nitrogens is 1. The molecular formula is C13H21N3O3S. The molecule has 0 saturated carbocycles. The number of nitrogens with one attached hydrogen (secondary N) is 2. The van der Waals surface area contributed by atoms with Gasteiger partial charge in [0.05, 0.1) is 0 Å². The Bertz CT molecular complexity index is 440. The van der Waals surface area contributed by atoms with Gasteiger partial charge in [-0.15, -0.1) is 11.3 Å². The van der Waals surface area contributed by atoms with E-state index < -0.39 is 17.7 Å². The van der Waals surface area contributed by atoms with Gasteiger partial charge in [-0.3, -0.25) is 4.79 Å². The average Bonchev–Trinajstić information content (AvgIpc) is 2.78. The zero-order valence-corrected chi connectivity index (χ0v) is 13.0. The van der Waals surface area contributed by atoms with Crippen LogP contribution in [0.15, 0.2) is 11.6 Å². The van der Waals surface area contributed by atoms with Crippen LogP contribution in [0.3, 0.4) is 0 Å². The molecule has 0 aromatic carbocycles. The molecule has 20 heavy (non-hydrogen) atoms. The number of alkyl carbamates (subject to hydrolysis) is 1. The molecule has 1 rings (SSSR count). The first kappa shape index (κ1) is 16.4. The quantitative estimate of drug-likeness (QED) is 0.876. The van der Waals surface area contributed by atoms with Crippen LogP contribution in [0.5, 0.6) is 0 Å². The second kappa shape index (κ2) is 7.23. The molecule has 0 bridgehead atoms. The summed E-state index contributed by atoms with van der Waals surface area (Å²) in [5, 5.41) is 7.55. The van der Waals surface area contributed by atoms with E-state index in [1.54, 1.807) is 32.3 Å². The number of nitrogens with zero attached hydrogens (tertiary/aromatic N) is 1. The molecule has 0 spiro atoms. The molecule has 0 radical (unpaired) electrons. The van der Waals surface area contributed by atoms with Gasteiger partial charge in [0.15, 0.2) is 5.13 Å². The number of hydrogen-bond donors (Lipinski definition) is 2. The van der Waals surface area contributed by atoms with Crippen LogP contribution in [0.25, 0.3) is 0 Å². The van der Waals surface area contributed by atoms with Crippen LogP contribution in [-0.4, -0.2) is 28.6 Å². The zero-order chi connectivity index (χ0) is 15.2. The SMILES string of the molecule is CCCC(NC(=O)OC(C)(C)C)C(=O)Nc1nccs1. The summed E-state index contributed by atoms with van der Waals surface area (Å²) in [6.45, 7) is 7.27. The van der Waals surface area contributed by atoms with E-state index in [4.69, 9.17) is 4.74 Å². The van der Waals surface area contributed by atoms with Crippen molar-refractivity contribution in [3.63, 3.8) is 0 Å². The Morgan fingerprint density at radius 2 is 2.15 bits per heavy atom. The summed E-state index contributed by atoms with van der Waals surface area (Å²) < 4.78 is 5.16. The Morgan fingerprint density at radius 1 is 1.45 bits per heavy atom. The normalized spacial score (nSPS) is 12.6. The minimum absolute atomic E-state index is 0.285. The van der Waals surface area contributed by atoms with Crippen molar-refractivity contribution >= 4 is 28.5 Å². The average molecular weight is 299 g/mol. The fourth-order valence-corrected chi connectivity index (χ4v) is 2.02. The molecule has 2 amide bonds. The lowest BCUT2D eigenvalue weighted by Crippen LogP contribution is -2.45. The lowest BCUT2D eigenvalue weighted by atomic mass is 10.1. The number of rotatable bonds is 5. The highest BCUT2D eigenvalue weighted by atomic mass is 32.1. The summed E-state index contributed by atoms with van der Waals surface area (Å²) >= 11 is 1.33. The van der Waals surface area contributed by atoms with Crippen molar-refractivity contribution < 1.29 is 14.3 Å². The van der Waals surface area contributed by atoms with Crippen molar-refractivity contribution in [2.75, 3.05) is 5.32 Å². The predicted molar refractivity (Wildman–Crippen MR) is 78.8 cm³/mol. The topological polar surface area (TPSA) is 80.3 Å². The van der Waals surface area contributed by atoms with E-state index in [0.29, 0.717) is 11.6 Å². The van der Waals surface area contributed by atoms with Gasteiger partial charge in [0.25, 0.3) is 0 Å². The highest BCUT2D eigenvalue weighted by molar-refractivity contribution is 7.13. The maximum atomic E-state index is 12.1. The van der Waals surface area contributed by atoms with Crippen LogP contribution in [0.2, 0.25) is 0 Å². The van der Waals surface area contributed by atoms with E-state index in [9.17, 15) is 9.59 Å². The number of amides is 2. The largest absolute Gasteiger partial charge is 0.444 e. The molecule has 2 N–H and O–H groups in total. The molecule has 112 valence electrons. The summed E-state index contributed by atoms with van der Waals surface area (Å²) in [6.07, 6.45) is 2.32. The molecule has 1 heterocycles. The van der Waals surface area contributed by atoms with Crippen molar-refractivity contribution in [2.45, 2.75) is 52.2 Å². The maximum absolute atomic E-state index is 12.1. The van der Waals surface area contributed by atoms with E-state index in [1.165, 1.54) is 11.3 Å². The standard InChI is InChI=1S/C13H21N3O3S/c1-5-6-9(15-12(18)19-13(2,3)4)10(17)16-11-14-7-8-20-11/h7-9H,5-6H2,1-4H3,(H,15,18)(H,14,16,17). The molecule has 0 aliphatic carbocycles. The van der Waals surface area contributed by atoms with Gasteiger partial charge in [-0.1, -0.05) is 13.3 Å². The third-order valence-electron chi connectivity index (χ3n) is 2.25. The number of ether oxygens (including phenoxy) is 1. The smallest absolute Gasteiger partial charge is 0.408 e. The summed E-state index contributed by atoms with van der Waals surface area (Å²) in [4.78, 5) is 27.8. The van der Waals surface area contributed by atoms with Crippen molar-refractivity contribution in [1.29, 1.82) is 0 Å². The molecule has 0 aliphatic rings. The van der Waals surface area contributed by atoms with Gasteiger partial charge < -0.3 is 15.4 Å². The molecule has 1 aromatic heterocycles.